The molecule has 0 saturated carbocycles. The van der Waals surface area contributed by atoms with Crippen LogP contribution >= 0.6 is 0 Å². The molecule has 0 spiro atoms. The van der Waals surface area contributed by atoms with Crippen LogP contribution in [0.1, 0.15) is 48.1 Å². The summed E-state index contributed by atoms with van der Waals surface area (Å²) < 4.78 is 13.1. The molecule has 0 unspecified atom stereocenters. The fourth-order valence-electron chi connectivity index (χ4n) is 3.66. The number of hydrogen-bond acceptors (Lipinski definition) is 4. The number of piperidine rings is 1. The molecule has 4 rings (SSSR count). The topological polar surface area (TPSA) is 58.1 Å². The van der Waals surface area contributed by atoms with Gasteiger partial charge in [-0.3, -0.25) is 4.79 Å². The summed E-state index contributed by atoms with van der Waals surface area (Å²) in [5, 5.41) is 3.87. The molecular weight excluding hydrogens is 355 g/mol. The predicted molar refractivity (Wildman–Crippen MR) is 108 cm³/mol. The first-order chi connectivity index (χ1) is 13.6. The van der Waals surface area contributed by atoms with Crippen molar-refractivity contribution in [2.75, 3.05) is 18.0 Å². The van der Waals surface area contributed by atoms with Crippen LogP contribution in [0.4, 0.5) is 10.2 Å². The van der Waals surface area contributed by atoms with Gasteiger partial charge in [0.1, 0.15) is 18.0 Å². The lowest BCUT2D eigenvalue weighted by atomic mass is 10.1. The molecule has 144 valence electrons. The number of anilines is 1. The number of nitrogens with one attached hydrogen (secondary N) is 1. The Bertz CT molecular complexity index is 983. The molecule has 2 aromatic carbocycles. The van der Waals surface area contributed by atoms with Gasteiger partial charge in [-0.2, -0.15) is 0 Å². The van der Waals surface area contributed by atoms with E-state index in [1.165, 1.54) is 18.6 Å². The van der Waals surface area contributed by atoms with E-state index < -0.39 is 0 Å². The largest absolute Gasteiger partial charge is 0.356 e. The Morgan fingerprint density at radius 1 is 1.07 bits per heavy atom. The van der Waals surface area contributed by atoms with Crippen molar-refractivity contribution in [1.82, 2.24) is 15.3 Å². The first-order valence-electron chi connectivity index (χ1n) is 9.68. The first kappa shape index (κ1) is 18.3. The van der Waals surface area contributed by atoms with Gasteiger partial charge in [-0.1, -0.05) is 12.1 Å². The van der Waals surface area contributed by atoms with E-state index in [0.717, 1.165) is 48.2 Å². The van der Waals surface area contributed by atoms with Gasteiger partial charge >= 0.3 is 0 Å². The molecule has 5 nitrogen and oxygen atoms in total. The molecule has 1 aliphatic heterocycles. The Balaban J connectivity index is 1.59. The van der Waals surface area contributed by atoms with Gasteiger partial charge in [0.15, 0.2) is 0 Å². The van der Waals surface area contributed by atoms with Crippen molar-refractivity contribution in [3.63, 3.8) is 0 Å². The van der Waals surface area contributed by atoms with Crippen LogP contribution in [0.2, 0.25) is 0 Å². The van der Waals surface area contributed by atoms with Gasteiger partial charge in [-0.15, -0.1) is 0 Å². The molecule has 1 fully saturated rings. The highest BCUT2D eigenvalue weighted by atomic mass is 19.1. The Kier molecular flexibility index (Phi) is 5.19. The summed E-state index contributed by atoms with van der Waals surface area (Å²) in [4.78, 5) is 23.9. The van der Waals surface area contributed by atoms with Crippen molar-refractivity contribution < 1.29 is 9.18 Å². The number of hydrogen-bond donors (Lipinski definition) is 1. The molecule has 0 radical (unpaired) electrons. The van der Waals surface area contributed by atoms with Gasteiger partial charge in [0.2, 0.25) is 0 Å². The smallest absolute Gasteiger partial charge is 0.251 e. The number of rotatable bonds is 4. The third kappa shape index (κ3) is 3.81. The highest BCUT2D eigenvalue weighted by molar-refractivity contribution is 6.00. The normalized spacial score (nSPS) is 15.4. The van der Waals surface area contributed by atoms with Crippen molar-refractivity contribution in [1.29, 1.82) is 0 Å². The number of carbonyl (C=O) groups excluding carboxylic acids is 1. The fourth-order valence-corrected chi connectivity index (χ4v) is 3.66. The number of amides is 1. The Morgan fingerprint density at radius 2 is 1.82 bits per heavy atom. The summed E-state index contributed by atoms with van der Waals surface area (Å²) >= 11 is 0. The first-order valence-corrected chi connectivity index (χ1v) is 9.68. The molecule has 1 amide bonds. The van der Waals surface area contributed by atoms with E-state index in [1.807, 2.05) is 19.1 Å². The molecule has 6 heteroatoms. The van der Waals surface area contributed by atoms with Gasteiger partial charge in [0.25, 0.3) is 5.91 Å². The second kappa shape index (κ2) is 7.92. The highest BCUT2D eigenvalue weighted by Crippen LogP contribution is 2.26. The van der Waals surface area contributed by atoms with Gasteiger partial charge in [-0.25, -0.2) is 14.4 Å². The average molecular weight is 378 g/mol. The summed E-state index contributed by atoms with van der Waals surface area (Å²) in [6.45, 7) is 3.84. The van der Waals surface area contributed by atoms with Crippen molar-refractivity contribution in [3.8, 4) is 0 Å². The maximum Gasteiger partial charge on any atom is 0.251 e. The standard InChI is InChI=1S/C22H23FN4O/c1-15(16-5-8-18(23)9-6-16)26-22(28)17-7-10-20-19(13-17)21(25-14-24-20)27-11-3-2-4-12-27/h5-10,13-15H,2-4,11-12H2,1H3,(H,26,28)/t15-/m0/s1. The average Bonchev–Trinajstić information content (AvgIpc) is 2.74. The number of nitrogens with zero attached hydrogens (tertiary/aromatic N) is 3. The minimum atomic E-state index is -0.290. The molecule has 0 aliphatic carbocycles. The molecular formula is C22H23FN4O. The van der Waals surface area contributed by atoms with E-state index >= 15 is 0 Å². The lowest BCUT2D eigenvalue weighted by Crippen LogP contribution is -2.30. The molecule has 1 aromatic heterocycles. The molecule has 1 atom stereocenters. The highest BCUT2D eigenvalue weighted by Gasteiger charge is 2.17. The van der Waals surface area contributed by atoms with E-state index in [4.69, 9.17) is 0 Å². The van der Waals surface area contributed by atoms with Crippen molar-refractivity contribution in [3.05, 3.63) is 65.7 Å². The maximum absolute atomic E-state index is 13.1. The Labute approximate surface area is 163 Å². The lowest BCUT2D eigenvalue weighted by Gasteiger charge is -2.28. The zero-order valence-electron chi connectivity index (χ0n) is 15.9. The van der Waals surface area contributed by atoms with Gasteiger partial charge in [0.05, 0.1) is 11.6 Å². The van der Waals surface area contributed by atoms with Gasteiger partial charge < -0.3 is 10.2 Å². The molecule has 28 heavy (non-hydrogen) atoms. The van der Waals surface area contributed by atoms with E-state index in [-0.39, 0.29) is 17.8 Å². The Morgan fingerprint density at radius 3 is 2.57 bits per heavy atom. The van der Waals surface area contributed by atoms with E-state index in [9.17, 15) is 9.18 Å². The third-order valence-electron chi connectivity index (χ3n) is 5.25. The lowest BCUT2D eigenvalue weighted by molar-refractivity contribution is 0.0940. The van der Waals surface area contributed by atoms with Crippen LogP contribution in [0.5, 0.6) is 0 Å². The number of fused-ring (bicyclic) bond motifs is 1. The fraction of sp³-hybridized carbons (Fsp3) is 0.318. The van der Waals surface area contributed by atoms with E-state index in [0.29, 0.717) is 5.56 Å². The molecule has 1 N–H and O–H groups in total. The molecule has 0 bridgehead atoms. The van der Waals surface area contributed by atoms with Crippen LogP contribution in [0.15, 0.2) is 48.8 Å². The molecule has 2 heterocycles. The molecule has 1 aliphatic rings. The number of aromatic nitrogens is 2. The minimum Gasteiger partial charge on any atom is -0.356 e. The zero-order valence-corrected chi connectivity index (χ0v) is 15.9. The Hall–Kier alpha value is -3.02. The predicted octanol–water partition coefficient (Wildman–Crippen LogP) is 4.25. The minimum absolute atomic E-state index is 0.174. The maximum atomic E-state index is 13.1. The third-order valence-corrected chi connectivity index (χ3v) is 5.25. The number of carbonyl (C=O) groups is 1. The van der Waals surface area contributed by atoms with Crippen LogP contribution in [-0.2, 0) is 0 Å². The monoisotopic (exact) mass is 378 g/mol. The zero-order chi connectivity index (χ0) is 19.5. The van der Waals surface area contributed by atoms with Crippen molar-refractivity contribution >= 4 is 22.6 Å². The van der Waals surface area contributed by atoms with Gasteiger partial charge in [0, 0.05) is 24.0 Å². The summed E-state index contributed by atoms with van der Waals surface area (Å²) in [6, 6.07) is 11.5. The van der Waals surface area contributed by atoms with Crippen LogP contribution < -0.4 is 10.2 Å². The van der Waals surface area contributed by atoms with E-state index in [2.05, 4.69) is 20.2 Å². The van der Waals surface area contributed by atoms with Crippen LogP contribution in [0.3, 0.4) is 0 Å². The van der Waals surface area contributed by atoms with Crippen LogP contribution in [0.25, 0.3) is 10.9 Å². The summed E-state index contributed by atoms with van der Waals surface area (Å²) in [5.41, 5.74) is 2.25. The van der Waals surface area contributed by atoms with Crippen LogP contribution in [0, 0.1) is 5.82 Å². The summed E-state index contributed by atoms with van der Waals surface area (Å²) in [6.07, 6.45) is 5.14. The van der Waals surface area contributed by atoms with Crippen LogP contribution in [-0.4, -0.2) is 29.0 Å². The second-order valence-corrected chi connectivity index (χ2v) is 7.22. The summed E-state index contributed by atoms with van der Waals surface area (Å²) in [5.74, 6) is 0.431. The van der Waals surface area contributed by atoms with Crippen molar-refractivity contribution in [2.24, 2.45) is 0 Å². The number of halogens is 1. The SMILES string of the molecule is C[C@H](NC(=O)c1ccc2ncnc(N3CCCCC3)c2c1)c1ccc(F)cc1. The second-order valence-electron chi connectivity index (χ2n) is 7.22. The van der Waals surface area contributed by atoms with Crippen molar-refractivity contribution in [2.45, 2.75) is 32.2 Å². The van der Waals surface area contributed by atoms with Gasteiger partial charge in [-0.05, 0) is 62.1 Å². The molecule has 3 aromatic rings. The number of benzene rings is 2. The molecule has 1 saturated heterocycles. The quantitative estimate of drug-likeness (QED) is 0.737. The summed E-state index contributed by atoms with van der Waals surface area (Å²) in [7, 11) is 0. The van der Waals surface area contributed by atoms with E-state index in [1.54, 1.807) is 24.5 Å².